The van der Waals surface area contributed by atoms with Crippen LogP contribution in [0.15, 0.2) is 11.8 Å². The molecule has 0 aliphatic heterocycles. The van der Waals surface area contributed by atoms with Crippen molar-refractivity contribution in [1.82, 2.24) is 0 Å². The van der Waals surface area contributed by atoms with Crippen LogP contribution in [-0.2, 0) is 4.74 Å². The van der Waals surface area contributed by atoms with E-state index in [1.54, 1.807) is 0 Å². The van der Waals surface area contributed by atoms with Gasteiger partial charge in [-0.2, -0.15) is 0 Å². The second-order valence-electron chi connectivity index (χ2n) is 4.13. The molecule has 0 aromatic carbocycles. The Morgan fingerprint density at radius 1 is 1.27 bits per heavy atom. The summed E-state index contributed by atoms with van der Waals surface area (Å²) >= 11 is 0. The van der Waals surface area contributed by atoms with Crippen LogP contribution in [-0.4, -0.2) is 5.60 Å². The molecule has 0 atom stereocenters. The number of rotatable bonds is 1. The lowest BCUT2D eigenvalue weighted by Gasteiger charge is -2.25. The molecule has 1 rings (SSSR count). The maximum Gasteiger partial charge on any atom is 0.100 e. The van der Waals surface area contributed by atoms with E-state index in [9.17, 15) is 0 Å². The molecule has 0 N–H and O–H groups in total. The molecule has 0 radical (unpaired) electrons. The fourth-order valence-electron chi connectivity index (χ4n) is 1.29. The summed E-state index contributed by atoms with van der Waals surface area (Å²) in [4.78, 5) is 0. The standard InChI is InChI=1S/C10H18O/c1-10(2,3)11-9-7-5-4-6-8-9/h7H,4-6,8H2,1-3H3. The van der Waals surface area contributed by atoms with E-state index in [1.165, 1.54) is 25.0 Å². The third kappa shape index (κ3) is 3.45. The molecule has 0 spiro atoms. The van der Waals surface area contributed by atoms with Crippen LogP contribution in [0, 0.1) is 0 Å². The van der Waals surface area contributed by atoms with E-state index in [4.69, 9.17) is 4.74 Å². The maximum absolute atomic E-state index is 5.74. The van der Waals surface area contributed by atoms with Gasteiger partial charge in [0, 0.05) is 6.42 Å². The summed E-state index contributed by atoms with van der Waals surface area (Å²) in [6.45, 7) is 6.30. The van der Waals surface area contributed by atoms with Crippen LogP contribution in [0.2, 0.25) is 0 Å². The van der Waals surface area contributed by atoms with Gasteiger partial charge in [0.1, 0.15) is 5.60 Å². The van der Waals surface area contributed by atoms with Crippen molar-refractivity contribution in [3.8, 4) is 0 Å². The molecule has 0 bridgehead atoms. The van der Waals surface area contributed by atoms with Crippen LogP contribution in [0.25, 0.3) is 0 Å². The van der Waals surface area contributed by atoms with E-state index < -0.39 is 0 Å². The Morgan fingerprint density at radius 3 is 2.45 bits per heavy atom. The summed E-state index contributed by atoms with van der Waals surface area (Å²) in [6, 6.07) is 0. The Hall–Kier alpha value is -0.460. The molecule has 0 heterocycles. The third-order valence-electron chi connectivity index (χ3n) is 1.69. The third-order valence-corrected chi connectivity index (χ3v) is 1.69. The summed E-state index contributed by atoms with van der Waals surface area (Å²) in [7, 11) is 0. The highest BCUT2D eigenvalue weighted by atomic mass is 16.5. The average Bonchev–Trinajstić information content (AvgIpc) is 1.85. The fraction of sp³-hybridized carbons (Fsp3) is 0.800. The zero-order chi connectivity index (χ0) is 8.32. The van der Waals surface area contributed by atoms with Crippen LogP contribution in [0.4, 0.5) is 0 Å². The molecule has 0 fully saturated rings. The lowest BCUT2D eigenvalue weighted by atomic mass is 10.1. The fourth-order valence-corrected chi connectivity index (χ4v) is 1.29. The number of allylic oxidation sites excluding steroid dienone is 2. The quantitative estimate of drug-likeness (QED) is 0.563. The summed E-state index contributed by atoms with van der Waals surface area (Å²) in [5, 5.41) is 0. The Morgan fingerprint density at radius 2 is 2.00 bits per heavy atom. The minimum absolute atomic E-state index is 0.0107. The molecule has 0 amide bonds. The monoisotopic (exact) mass is 154 g/mol. The summed E-state index contributed by atoms with van der Waals surface area (Å²) < 4.78 is 5.74. The molecular weight excluding hydrogens is 136 g/mol. The van der Waals surface area contributed by atoms with Gasteiger partial charge in [0.2, 0.25) is 0 Å². The van der Waals surface area contributed by atoms with Crippen LogP contribution >= 0.6 is 0 Å². The molecule has 0 aromatic heterocycles. The van der Waals surface area contributed by atoms with Crippen LogP contribution in [0.1, 0.15) is 46.5 Å². The van der Waals surface area contributed by atoms with Gasteiger partial charge >= 0.3 is 0 Å². The molecule has 0 saturated carbocycles. The number of hydrogen-bond donors (Lipinski definition) is 0. The molecular formula is C10H18O. The van der Waals surface area contributed by atoms with Crippen molar-refractivity contribution in [3.63, 3.8) is 0 Å². The van der Waals surface area contributed by atoms with Gasteiger partial charge in [0.25, 0.3) is 0 Å². The molecule has 11 heavy (non-hydrogen) atoms. The largest absolute Gasteiger partial charge is 0.493 e. The Kier molecular flexibility index (Phi) is 2.58. The van der Waals surface area contributed by atoms with Crippen LogP contribution in [0.5, 0.6) is 0 Å². The van der Waals surface area contributed by atoms with Gasteiger partial charge in [0.15, 0.2) is 0 Å². The minimum atomic E-state index is -0.0107. The first-order valence-corrected chi connectivity index (χ1v) is 4.46. The summed E-state index contributed by atoms with van der Waals surface area (Å²) in [6.07, 6.45) is 7.19. The van der Waals surface area contributed by atoms with Crippen LogP contribution < -0.4 is 0 Å². The molecule has 0 saturated heterocycles. The normalized spacial score (nSPS) is 19.4. The van der Waals surface area contributed by atoms with E-state index in [0.717, 1.165) is 6.42 Å². The minimum Gasteiger partial charge on any atom is -0.493 e. The zero-order valence-electron chi connectivity index (χ0n) is 7.81. The van der Waals surface area contributed by atoms with E-state index in [2.05, 4.69) is 26.8 Å². The van der Waals surface area contributed by atoms with Gasteiger partial charge in [-0.25, -0.2) is 0 Å². The molecule has 64 valence electrons. The number of ether oxygens (including phenoxy) is 1. The Bertz CT molecular complexity index is 151. The maximum atomic E-state index is 5.74. The van der Waals surface area contributed by atoms with Gasteiger partial charge in [-0.15, -0.1) is 0 Å². The molecule has 0 aromatic rings. The van der Waals surface area contributed by atoms with Crippen molar-refractivity contribution in [2.24, 2.45) is 0 Å². The Labute approximate surface area is 69.4 Å². The van der Waals surface area contributed by atoms with Crippen LogP contribution in [0.3, 0.4) is 0 Å². The average molecular weight is 154 g/mol. The van der Waals surface area contributed by atoms with Crippen molar-refractivity contribution in [2.75, 3.05) is 0 Å². The van der Waals surface area contributed by atoms with Gasteiger partial charge in [-0.05, 0) is 46.1 Å². The first-order chi connectivity index (χ1) is 5.08. The molecule has 1 heteroatoms. The first kappa shape index (κ1) is 8.63. The smallest absolute Gasteiger partial charge is 0.100 e. The van der Waals surface area contributed by atoms with Crippen molar-refractivity contribution in [2.45, 2.75) is 52.1 Å². The highest BCUT2D eigenvalue weighted by molar-refractivity contribution is 4.98. The predicted molar refractivity (Wildman–Crippen MR) is 47.4 cm³/mol. The predicted octanol–water partition coefficient (Wildman–Crippen LogP) is 3.26. The first-order valence-electron chi connectivity index (χ1n) is 4.46. The highest BCUT2D eigenvalue weighted by Gasteiger charge is 2.14. The lowest BCUT2D eigenvalue weighted by molar-refractivity contribution is 0.0439. The SMILES string of the molecule is CC(C)(C)OC1=CCCCC1. The molecule has 1 nitrogen and oxygen atoms in total. The molecule has 0 unspecified atom stereocenters. The van der Waals surface area contributed by atoms with E-state index in [-0.39, 0.29) is 5.60 Å². The second-order valence-corrected chi connectivity index (χ2v) is 4.13. The van der Waals surface area contributed by atoms with Crippen molar-refractivity contribution < 1.29 is 4.74 Å². The van der Waals surface area contributed by atoms with E-state index in [0.29, 0.717) is 0 Å². The van der Waals surface area contributed by atoms with Gasteiger partial charge in [-0.3, -0.25) is 0 Å². The van der Waals surface area contributed by atoms with Gasteiger partial charge < -0.3 is 4.74 Å². The zero-order valence-corrected chi connectivity index (χ0v) is 7.81. The molecule has 1 aliphatic rings. The van der Waals surface area contributed by atoms with Crippen molar-refractivity contribution >= 4 is 0 Å². The number of hydrogen-bond acceptors (Lipinski definition) is 1. The second kappa shape index (κ2) is 3.29. The van der Waals surface area contributed by atoms with E-state index >= 15 is 0 Å². The highest BCUT2D eigenvalue weighted by Crippen LogP contribution is 2.23. The van der Waals surface area contributed by atoms with Gasteiger partial charge in [-0.1, -0.05) is 0 Å². The van der Waals surface area contributed by atoms with E-state index in [1.807, 2.05) is 0 Å². The van der Waals surface area contributed by atoms with Crippen molar-refractivity contribution in [1.29, 1.82) is 0 Å². The van der Waals surface area contributed by atoms with Gasteiger partial charge in [0.05, 0.1) is 5.76 Å². The molecule has 1 aliphatic carbocycles. The Balaban J connectivity index is 2.42. The summed E-state index contributed by atoms with van der Waals surface area (Å²) in [5.74, 6) is 1.20. The summed E-state index contributed by atoms with van der Waals surface area (Å²) in [5.41, 5.74) is -0.0107. The topological polar surface area (TPSA) is 9.23 Å². The lowest BCUT2D eigenvalue weighted by Crippen LogP contribution is -2.19. The van der Waals surface area contributed by atoms with Crippen molar-refractivity contribution in [3.05, 3.63) is 11.8 Å².